The third-order valence-corrected chi connectivity index (χ3v) is 17.0. The van der Waals surface area contributed by atoms with Gasteiger partial charge in [-0.3, -0.25) is 105 Å². The molecule has 2 fully saturated rings. The number of ketones is 11. The van der Waals surface area contributed by atoms with E-state index in [0.29, 0.717) is 136 Å². The first-order valence-electron chi connectivity index (χ1n) is 39.5. The molecule has 0 aromatic carbocycles. The lowest BCUT2D eigenvalue weighted by Crippen LogP contribution is -2.31. The Hall–Kier alpha value is -12.4. The van der Waals surface area contributed by atoms with Gasteiger partial charge in [0.1, 0.15) is 23.9 Å². The third-order valence-electron chi connectivity index (χ3n) is 17.0. The van der Waals surface area contributed by atoms with Gasteiger partial charge in [0.2, 0.25) is 0 Å². The smallest absolute Gasteiger partial charge is 0.295 e. The second kappa shape index (κ2) is 89.9. The molecular formula is C93H140O34. The molecule has 0 bridgehead atoms. The van der Waals surface area contributed by atoms with Crippen molar-refractivity contribution in [2.45, 2.75) is 229 Å². The molecule has 34 nitrogen and oxygen atoms in total. The molecule has 2 rings (SSSR count). The molecule has 0 saturated heterocycles. The fraction of sp³-hybridized carbons (Fsp3) is 0.527. The van der Waals surface area contributed by atoms with Crippen molar-refractivity contribution in [1.29, 1.82) is 0 Å². The lowest BCUT2D eigenvalue weighted by Gasteiger charge is -2.26. The summed E-state index contributed by atoms with van der Waals surface area (Å²) in [5, 5.41) is 0. The summed E-state index contributed by atoms with van der Waals surface area (Å²) in [5.74, 6) is -0.637. The van der Waals surface area contributed by atoms with Crippen molar-refractivity contribution < 1.29 is 162 Å². The molecule has 34 heteroatoms. The lowest BCUT2D eigenvalue weighted by atomic mass is 9.82. The van der Waals surface area contributed by atoms with Gasteiger partial charge in [-0.1, -0.05) is 148 Å². The largest absolute Gasteiger partial charge is 0.468 e. The van der Waals surface area contributed by atoms with Crippen LogP contribution in [0.4, 0.5) is 0 Å². The molecule has 0 amide bonds. The fourth-order valence-electron chi connectivity index (χ4n) is 9.78. The average molecular weight is 1800 g/mol. The summed E-state index contributed by atoms with van der Waals surface area (Å²) < 4.78 is 54.7. The van der Waals surface area contributed by atoms with Crippen molar-refractivity contribution in [3.63, 3.8) is 0 Å². The van der Waals surface area contributed by atoms with E-state index in [9.17, 15) is 105 Å². The first-order chi connectivity index (χ1) is 59.5. The minimum Gasteiger partial charge on any atom is -0.468 e. The van der Waals surface area contributed by atoms with Crippen LogP contribution in [0.2, 0.25) is 0 Å². The predicted molar refractivity (Wildman–Crippen MR) is 474 cm³/mol. The maximum absolute atomic E-state index is 11.3. The molecule has 0 aliphatic heterocycles. The summed E-state index contributed by atoms with van der Waals surface area (Å²) in [6.07, 6.45) is 26.5. The van der Waals surface area contributed by atoms with E-state index in [0.717, 1.165) is 63.9 Å². The molecule has 0 aromatic heterocycles. The molecule has 0 spiro atoms. The number of ether oxygens (including phenoxy) is 12. The van der Waals surface area contributed by atoms with Gasteiger partial charge >= 0.3 is 0 Å². The molecule has 2 saturated carbocycles. The highest BCUT2D eigenvalue weighted by Crippen LogP contribution is 2.41. The standard InChI is InChI=1S/C11H16O3.C10H14O3.C10H16O3.3C9H14O3.C8H12O3.2C7H10O3.C6H8O4.C6H8O3.CH4/c1-2-10(13)7-11(8-14-9-12)5-3-4-6-11;1-2-9(12)7-10(13-8-11)5-3-4-6-10;1-4-9(12)6-10(3,5-2)7-13-8-11;2*1-4-8(11)5-9(2,3)6-12-7-10;1-4-8(11)6-9(3,5-2)12-7-10;1-3-8(10)4-7(2)5-11-6-9;1-3-7(9)4-6(2)10-5-8;1-2-7(9)4-3-5-10-6-8;1-2-6(8)3-9-5-10-4-7;1-2-6(8)3-4-9-5-7;/h2,9H,1,3-8H2;2,8H,1,3-7H2;4,8H,1,5-7H2,2-3H3;3*4,7H,1,5-6H2,2-3H3;3,6-7H,1,4-5H2,2H3;3,5-6H,1,4H2,2H3;2,6H,1,3-5H2;2,4H,1,3,5H2;2,5H,1,3-4H2;1H4. The highest BCUT2D eigenvalue weighted by molar-refractivity contribution is 5.93. The summed E-state index contributed by atoms with van der Waals surface area (Å²) in [6.45, 7) is 60.9. The maximum Gasteiger partial charge on any atom is 0.295 e. The molecule has 4 atom stereocenters. The third kappa shape index (κ3) is 92.7. The minimum absolute atomic E-state index is 0. The Morgan fingerprint density at radius 3 is 1.15 bits per heavy atom. The van der Waals surface area contributed by atoms with E-state index in [1.807, 2.05) is 55.4 Å². The van der Waals surface area contributed by atoms with E-state index in [4.69, 9.17) is 14.2 Å². The van der Waals surface area contributed by atoms with Crippen molar-refractivity contribution in [3.05, 3.63) is 139 Å². The Balaban J connectivity index is -0.000000148. The summed E-state index contributed by atoms with van der Waals surface area (Å²) in [4.78, 5) is 227. The van der Waals surface area contributed by atoms with Crippen LogP contribution in [-0.2, 0) is 162 Å². The van der Waals surface area contributed by atoms with Gasteiger partial charge in [-0.05, 0) is 144 Å². The second-order valence-electron chi connectivity index (χ2n) is 29.4. The van der Waals surface area contributed by atoms with E-state index in [2.05, 4.69) is 115 Å². The highest BCUT2D eigenvalue weighted by atomic mass is 16.7. The van der Waals surface area contributed by atoms with Crippen LogP contribution in [0.5, 0.6) is 0 Å². The number of rotatable bonds is 64. The molecule has 2 aliphatic carbocycles. The lowest BCUT2D eigenvalue weighted by molar-refractivity contribution is -0.146. The van der Waals surface area contributed by atoms with E-state index in [-0.39, 0.29) is 177 Å². The molecule has 0 N–H and O–H groups in total. The van der Waals surface area contributed by atoms with Crippen LogP contribution in [0, 0.1) is 27.6 Å². The SMILES string of the molecule is C.C=CC(=O)CC(C)(C)COC=O.C=CC(=O)CC(C)(C)COC=O.C=CC(=O)CC(C)(CC)COC=O.C=CC(=O)CC(C)(CC)OC=O.C=CC(=O)CC(C)COC=O.C=CC(=O)CC(C)OC=O.C=CC(=O)CC1(COC=O)CCCC1.C=CC(=O)CC1(OC=O)CCCC1.C=CC(=O)CCCOC=O.C=CC(=O)CCOC=O.C=CC(=O)COCOC=O. The molecule has 0 heterocycles. The number of hydrogen-bond acceptors (Lipinski definition) is 34. The topological polar surface area (TPSA) is 486 Å². The summed E-state index contributed by atoms with van der Waals surface area (Å²) in [7, 11) is 0. The summed E-state index contributed by atoms with van der Waals surface area (Å²) in [6, 6.07) is 0. The zero-order chi connectivity index (χ0) is 98.8. The number of carbonyl (C=O) groups is 22. The van der Waals surface area contributed by atoms with E-state index >= 15 is 0 Å². The average Bonchev–Trinajstić information content (AvgIpc) is 1.78. The number of allylic oxidation sites excluding steroid dienone is 10. The van der Waals surface area contributed by atoms with Crippen LogP contribution in [-0.4, -0.2) is 212 Å². The van der Waals surface area contributed by atoms with Gasteiger partial charge in [-0.25, -0.2) is 0 Å². The molecule has 0 aromatic rings. The van der Waals surface area contributed by atoms with Crippen molar-refractivity contribution in [2.75, 3.05) is 59.6 Å². The van der Waals surface area contributed by atoms with Gasteiger partial charge in [0.05, 0.1) is 52.7 Å². The Morgan fingerprint density at radius 1 is 0.370 bits per heavy atom. The van der Waals surface area contributed by atoms with E-state index < -0.39 is 11.2 Å². The van der Waals surface area contributed by atoms with Gasteiger partial charge < -0.3 is 56.8 Å². The van der Waals surface area contributed by atoms with Crippen LogP contribution in [0.15, 0.2) is 139 Å². The van der Waals surface area contributed by atoms with Crippen LogP contribution in [0.25, 0.3) is 0 Å². The molecular weight excluding hydrogens is 1660 g/mol. The van der Waals surface area contributed by atoms with Crippen LogP contribution >= 0.6 is 0 Å². The maximum atomic E-state index is 11.3. The highest BCUT2D eigenvalue weighted by Gasteiger charge is 2.38. The van der Waals surface area contributed by atoms with Crippen LogP contribution < -0.4 is 0 Å². The Morgan fingerprint density at radius 2 is 0.756 bits per heavy atom. The quantitative estimate of drug-likeness (QED) is 0.0179. The molecule has 2 aliphatic rings. The zero-order valence-electron chi connectivity index (χ0n) is 75.2. The van der Waals surface area contributed by atoms with Gasteiger partial charge in [0.15, 0.2) is 70.4 Å². The van der Waals surface area contributed by atoms with E-state index in [1.54, 1.807) is 13.8 Å². The normalized spacial score (nSPS) is 12.7. The van der Waals surface area contributed by atoms with Gasteiger partial charge in [0.25, 0.3) is 71.2 Å². The number of hydrogen-bond donors (Lipinski definition) is 0. The molecule has 4 unspecified atom stereocenters. The minimum atomic E-state index is -0.674. The fourth-order valence-corrected chi connectivity index (χ4v) is 9.78. The van der Waals surface area contributed by atoms with Crippen molar-refractivity contribution >= 4 is 135 Å². The predicted octanol–water partition coefficient (Wildman–Crippen LogP) is 12.5. The Bertz CT molecular complexity index is 3270. The van der Waals surface area contributed by atoms with Crippen LogP contribution in [0.3, 0.4) is 0 Å². The van der Waals surface area contributed by atoms with Crippen molar-refractivity contribution in [2.24, 2.45) is 27.6 Å². The van der Waals surface area contributed by atoms with Crippen molar-refractivity contribution in [3.8, 4) is 0 Å². The van der Waals surface area contributed by atoms with Gasteiger partial charge in [-0.15, -0.1) is 0 Å². The molecule has 716 valence electrons. The second-order valence-corrected chi connectivity index (χ2v) is 29.4. The number of carbonyl (C=O) groups excluding carboxylic acids is 22. The monoisotopic (exact) mass is 1800 g/mol. The van der Waals surface area contributed by atoms with Crippen LogP contribution in [0.1, 0.15) is 212 Å². The molecule has 0 radical (unpaired) electrons. The Labute approximate surface area is 749 Å². The van der Waals surface area contributed by atoms with Gasteiger partial charge in [0, 0.05) is 79.4 Å². The van der Waals surface area contributed by atoms with E-state index in [1.165, 1.54) is 60.8 Å². The zero-order valence-corrected chi connectivity index (χ0v) is 75.2. The first kappa shape index (κ1) is 135. The van der Waals surface area contributed by atoms with Crippen molar-refractivity contribution in [1.82, 2.24) is 0 Å². The summed E-state index contributed by atoms with van der Waals surface area (Å²) >= 11 is 0. The summed E-state index contributed by atoms with van der Waals surface area (Å²) in [5.41, 5.74) is -2.16. The molecule has 127 heavy (non-hydrogen) atoms. The van der Waals surface area contributed by atoms with Gasteiger partial charge in [-0.2, -0.15) is 0 Å². The first-order valence-corrected chi connectivity index (χ1v) is 39.5. The Kier molecular flexibility index (Phi) is 95.7.